The number of fused-ring (bicyclic) bond motifs is 1. The Kier molecular flexibility index (Phi) is 2.54. The lowest BCUT2D eigenvalue weighted by atomic mass is 10.2. The van der Waals surface area contributed by atoms with Gasteiger partial charge in [-0.05, 0) is 18.8 Å². The fourth-order valence-electron chi connectivity index (χ4n) is 1.94. The van der Waals surface area contributed by atoms with Crippen LogP contribution in [0.3, 0.4) is 0 Å². The van der Waals surface area contributed by atoms with E-state index in [2.05, 4.69) is 28.9 Å². The number of halogens is 1. The van der Waals surface area contributed by atoms with Crippen molar-refractivity contribution in [2.24, 2.45) is 5.92 Å². The summed E-state index contributed by atoms with van der Waals surface area (Å²) in [6, 6.07) is 0. The van der Waals surface area contributed by atoms with Gasteiger partial charge in [0, 0.05) is 12.5 Å². The van der Waals surface area contributed by atoms with Gasteiger partial charge in [-0.3, -0.25) is 0 Å². The summed E-state index contributed by atoms with van der Waals surface area (Å²) in [7, 11) is 0. The smallest absolute Gasteiger partial charge is 0.163 e. The number of hydrogen-bond acceptors (Lipinski definition) is 3. The Labute approximate surface area is 105 Å². The van der Waals surface area contributed by atoms with E-state index in [1.165, 1.54) is 12.8 Å². The van der Waals surface area contributed by atoms with Gasteiger partial charge in [-0.1, -0.05) is 25.4 Å². The van der Waals surface area contributed by atoms with Gasteiger partial charge in [0.1, 0.15) is 11.0 Å². The van der Waals surface area contributed by atoms with E-state index in [0.29, 0.717) is 17.0 Å². The highest BCUT2D eigenvalue weighted by Crippen LogP contribution is 2.39. The first-order valence-corrected chi connectivity index (χ1v) is 6.42. The average Bonchev–Trinajstić information content (AvgIpc) is 3.03. The Hall–Kier alpha value is -1.16. The summed E-state index contributed by atoms with van der Waals surface area (Å²) in [6.45, 7) is 5.19. The lowest BCUT2D eigenvalue weighted by Gasteiger charge is -2.06. The third kappa shape index (κ3) is 2.02. The van der Waals surface area contributed by atoms with Gasteiger partial charge in [0.15, 0.2) is 5.65 Å². The van der Waals surface area contributed by atoms with E-state index in [1.807, 2.05) is 4.68 Å². The predicted octanol–water partition coefficient (Wildman–Crippen LogP) is 3.01. The van der Waals surface area contributed by atoms with Crippen LogP contribution >= 0.6 is 11.6 Å². The molecule has 4 nitrogen and oxygen atoms in total. The van der Waals surface area contributed by atoms with E-state index in [0.717, 1.165) is 23.4 Å². The van der Waals surface area contributed by atoms with Crippen molar-refractivity contribution in [1.29, 1.82) is 0 Å². The fourth-order valence-corrected chi connectivity index (χ4v) is 2.16. The Morgan fingerprint density at radius 1 is 1.41 bits per heavy atom. The molecule has 2 aromatic heterocycles. The highest BCUT2D eigenvalue weighted by Gasteiger charge is 2.28. The summed E-state index contributed by atoms with van der Waals surface area (Å²) in [5.74, 6) is 1.93. The van der Waals surface area contributed by atoms with Crippen molar-refractivity contribution in [2.45, 2.75) is 39.2 Å². The van der Waals surface area contributed by atoms with E-state index < -0.39 is 0 Å². The minimum Gasteiger partial charge on any atom is -0.247 e. The highest BCUT2D eigenvalue weighted by atomic mass is 35.5. The van der Waals surface area contributed by atoms with Crippen molar-refractivity contribution in [2.75, 3.05) is 0 Å². The van der Waals surface area contributed by atoms with Gasteiger partial charge in [0.2, 0.25) is 0 Å². The molecule has 0 spiro atoms. The normalized spacial score (nSPS) is 16.0. The zero-order valence-corrected chi connectivity index (χ0v) is 10.8. The molecule has 0 atom stereocenters. The van der Waals surface area contributed by atoms with E-state index in [4.69, 9.17) is 11.6 Å². The molecule has 2 heterocycles. The molecule has 2 aromatic rings. The minimum absolute atomic E-state index is 0.513. The molecule has 0 bridgehead atoms. The monoisotopic (exact) mass is 250 g/mol. The maximum Gasteiger partial charge on any atom is 0.163 e. The molecule has 90 valence electrons. The first-order chi connectivity index (χ1) is 8.15. The van der Waals surface area contributed by atoms with Gasteiger partial charge in [-0.15, -0.1) is 0 Å². The maximum atomic E-state index is 6.18. The largest absolute Gasteiger partial charge is 0.247 e. The average molecular weight is 251 g/mol. The number of nitrogens with zero attached hydrogens (tertiary/aromatic N) is 4. The third-order valence-electron chi connectivity index (χ3n) is 2.95. The van der Waals surface area contributed by atoms with Crippen LogP contribution in [-0.2, 0) is 6.54 Å². The van der Waals surface area contributed by atoms with Crippen molar-refractivity contribution in [3.05, 3.63) is 17.2 Å². The van der Waals surface area contributed by atoms with Crippen molar-refractivity contribution in [3.63, 3.8) is 0 Å². The number of rotatable bonds is 3. The second-order valence-corrected chi connectivity index (χ2v) is 5.46. The Balaban J connectivity index is 2.11. The van der Waals surface area contributed by atoms with Crippen LogP contribution in [0.5, 0.6) is 0 Å². The molecular formula is C12H15ClN4. The highest BCUT2D eigenvalue weighted by molar-refractivity contribution is 6.33. The molecule has 0 amide bonds. The van der Waals surface area contributed by atoms with Gasteiger partial charge in [0.05, 0.1) is 11.6 Å². The summed E-state index contributed by atoms with van der Waals surface area (Å²) >= 11 is 6.18. The fraction of sp³-hybridized carbons (Fsp3) is 0.583. The molecule has 1 fully saturated rings. The zero-order valence-electron chi connectivity index (χ0n) is 10.0. The van der Waals surface area contributed by atoms with Gasteiger partial charge < -0.3 is 0 Å². The van der Waals surface area contributed by atoms with E-state index >= 15 is 0 Å². The molecule has 1 aliphatic rings. The van der Waals surface area contributed by atoms with Crippen LogP contribution in [-0.4, -0.2) is 19.7 Å². The van der Waals surface area contributed by atoms with Crippen molar-refractivity contribution < 1.29 is 0 Å². The Morgan fingerprint density at radius 2 is 2.18 bits per heavy atom. The molecule has 1 saturated carbocycles. The number of aromatic nitrogens is 4. The lowest BCUT2D eigenvalue weighted by Crippen LogP contribution is -2.07. The quantitative estimate of drug-likeness (QED) is 0.787. The Morgan fingerprint density at radius 3 is 2.82 bits per heavy atom. The second-order valence-electron chi connectivity index (χ2n) is 5.10. The zero-order chi connectivity index (χ0) is 12.0. The maximum absolute atomic E-state index is 6.18. The van der Waals surface area contributed by atoms with Crippen molar-refractivity contribution in [1.82, 2.24) is 19.7 Å². The molecule has 0 aliphatic heterocycles. The third-order valence-corrected chi connectivity index (χ3v) is 3.24. The molecular weight excluding hydrogens is 236 g/mol. The number of hydrogen-bond donors (Lipinski definition) is 0. The van der Waals surface area contributed by atoms with Crippen molar-refractivity contribution >= 4 is 22.6 Å². The molecule has 0 N–H and O–H groups in total. The molecule has 0 radical (unpaired) electrons. The molecule has 0 unspecified atom stereocenters. The van der Waals surface area contributed by atoms with E-state index in [-0.39, 0.29) is 0 Å². The molecule has 3 rings (SSSR count). The summed E-state index contributed by atoms with van der Waals surface area (Å²) in [5, 5.41) is 5.74. The van der Waals surface area contributed by atoms with Gasteiger partial charge in [0.25, 0.3) is 0 Å². The minimum atomic E-state index is 0.513. The molecule has 0 saturated heterocycles. The van der Waals surface area contributed by atoms with Crippen molar-refractivity contribution in [3.8, 4) is 0 Å². The van der Waals surface area contributed by atoms with Crippen LogP contribution in [0, 0.1) is 5.92 Å². The summed E-state index contributed by atoms with van der Waals surface area (Å²) in [6.07, 6.45) is 4.12. The van der Waals surface area contributed by atoms with Crippen LogP contribution in [0.2, 0.25) is 5.15 Å². The molecule has 0 aromatic carbocycles. The van der Waals surface area contributed by atoms with Crippen LogP contribution < -0.4 is 0 Å². The van der Waals surface area contributed by atoms with E-state index in [9.17, 15) is 0 Å². The molecule has 1 aliphatic carbocycles. The summed E-state index contributed by atoms with van der Waals surface area (Å²) in [5.41, 5.74) is 0.876. The van der Waals surface area contributed by atoms with Gasteiger partial charge in [-0.2, -0.15) is 5.10 Å². The van der Waals surface area contributed by atoms with Crippen LogP contribution in [0.15, 0.2) is 6.20 Å². The predicted molar refractivity (Wildman–Crippen MR) is 67.1 cm³/mol. The summed E-state index contributed by atoms with van der Waals surface area (Å²) in [4.78, 5) is 8.97. The van der Waals surface area contributed by atoms with E-state index in [1.54, 1.807) is 6.20 Å². The topological polar surface area (TPSA) is 43.6 Å². The van der Waals surface area contributed by atoms with Crippen LogP contribution in [0.4, 0.5) is 0 Å². The first-order valence-electron chi connectivity index (χ1n) is 6.04. The van der Waals surface area contributed by atoms with Gasteiger partial charge >= 0.3 is 0 Å². The van der Waals surface area contributed by atoms with Crippen LogP contribution in [0.25, 0.3) is 11.0 Å². The lowest BCUT2D eigenvalue weighted by molar-refractivity contribution is 0.492. The standard InChI is InChI=1S/C12H15ClN4/c1-7(2)6-17-12-9(5-14-17)10(13)15-11(16-12)8-3-4-8/h5,7-8H,3-4,6H2,1-2H3. The molecule has 5 heteroatoms. The Bertz CT molecular complexity index is 557. The van der Waals surface area contributed by atoms with Gasteiger partial charge in [-0.25, -0.2) is 14.6 Å². The van der Waals surface area contributed by atoms with Crippen LogP contribution in [0.1, 0.15) is 38.4 Å². The summed E-state index contributed by atoms with van der Waals surface area (Å²) < 4.78 is 1.93. The SMILES string of the molecule is CC(C)Cn1ncc2c(Cl)nc(C3CC3)nc21. The first kappa shape index (κ1) is 11.0. The second kappa shape index (κ2) is 3.95. The molecule has 17 heavy (non-hydrogen) atoms.